The Morgan fingerprint density at radius 1 is 1.55 bits per heavy atom. The van der Waals surface area contributed by atoms with Crippen molar-refractivity contribution in [3.8, 4) is 0 Å². The highest BCUT2D eigenvalue weighted by atomic mass is 32.2. The van der Waals surface area contributed by atoms with Gasteiger partial charge in [-0.15, -0.1) is 0 Å². The highest BCUT2D eigenvalue weighted by Gasteiger charge is 1.93. The Balaban J connectivity index is 2.85. The smallest absolute Gasteiger partial charge is 0.317 e. The second-order valence-corrected chi connectivity index (χ2v) is 3.20. The monoisotopic (exact) mass is 178 g/mol. The van der Waals surface area contributed by atoms with E-state index in [2.05, 4.69) is 5.32 Å². The first-order valence-electron chi connectivity index (χ1n) is 3.47. The molecular formula is C6H14N2O2S. The van der Waals surface area contributed by atoms with Crippen molar-refractivity contribution in [2.24, 2.45) is 5.73 Å². The molecule has 0 radical (unpaired) electrons. The molecule has 0 aliphatic carbocycles. The van der Waals surface area contributed by atoms with E-state index in [1.54, 1.807) is 11.8 Å². The van der Waals surface area contributed by atoms with Crippen molar-refractivity contribution in [3.05, 3.63) is 0 Å². The van der Waals surface area contributed by atoms with Gasteiger partial charge in [-0.1, -0.05) is 0 Å². The van der Waals surface area contributed by atoms with Crippen LogP contribution in [0.2, 0.25) is 0 Å². The molecule has 0 saturated carbocycles. The second-order valence-electron chi connectivity index (χ2n) is 1.97. The van der Waals surface area contributed by atoms with Gasteiger partial charge in [0.25, 0.3) is 0 Å². The number of carboxylic acids is 1. The van der Waals surface area contributed by atoms with Gasteiger partial charge in [0.2, 0.25) is 0 Å². The predicted octanol–water partition coefficient (Wildman–Crippen LogP) is -0.647. The third-order valence-electron chi connectivity index (χ3n) is 0.962. The summed E-state index contributed by atoms with van der Waals surface area (Å²) in [6.07, 6.45) is 0. The Labute approximate surface area is 70.5 Å². The van der Waals surface area contributed by atoms with E-state index in [0.29, 0.717) is 6.54 Å². The molecule has 0 amide bonds. The number of hydrogen-bond acceptors (Lipinski definition) is 4. The highest BCUT2D eigenvalue weighted by molar-refractivity contribution is 7.99. The minimum Gasteiger partial charge on any atom is -0.480 e. The van der Waals surface area contributed by atoms with E-state index in [1.807, 2.05) is 0 Å². The molecule has 0 aromatic rings. The maximum absolute atomic E-state index is 10.00. The third-order valence-corrected chi connectivity index (χ3v) is 1.98. The van der Waals surface area contributed by atoms with Gasteiger partial charge >= 0.3 is 5.97 Å². The number of nitrogens with two attached hydrogens (primary N) is 1. The van der Waals surface area contributed by atoms with Crippen LogP contribution in [-0.2, 0) is 4.79 Å². The van der Waals surface area contributed by atoms with E-state index in [1.165, 1.54) is 0 Å². The summed E-state index contributed by atoms with van der Waals surface area (Å²) in [5.74, 6) is 1.05. The lowest BCUT2D eigenvalue weighted by molar-refractivity contribution is -0.135. The number of thioether (sulfide) groups is 1. The van der Waals surface area contributed by atoms with Gasteiger partial charge in [-0.05, 0) is 0 Å². The lowest BCUT2D eigenvalue weighted by Crippen LogP contribution is -2.24. The minimum absolute atomic E-state index is 0.0448. The van der Waals surface area contributed by atoms with E-state index in [-0.39, 0.29) is 6.54 Å². The van der Waals surface area contributed by atoms with Crippen molar-refractivity contribution in [1.29, 1.82) is 0 Å². The van der Waals surface area contributed by atoms with Crippen molar-refractivity contribution < 1.29 is 9.90 Å². The molecule has 0 aromatic carbocycles. The van der Waals surface area contributed by atoms with Crippen molar-refractivity contribution in [2.75, 3.05) is 31.1 Å². The first kappa shape index (κ1) is 10.7. The summed E-state index contributed by atoms with van der Waals surface area (Å²) in [4.78, 5) is 10.00. The van der Waals surface area contributed by atoms with Gasteiger partial charge in [0.1, 0.15) is 0 Å². The first-order valence-corrected chi connectivity index (χ1v) is 4.63. The molecule has 0 saturated heterocycles. The molecule has 0 unspecified atom stereocenters. The SMILES string of the molecule is NCCSCCNCC(=O)O. The molecule has 0 atom stereocenters. The zero-order chi connectivity index (χ0) is 8.53. The summed E-state index contributed by atoms with van der Waals surface area (Å²) in [6, 6.07) is 0. The van der Waals surface area contributed by atoms with Crippen LogP contribution in [0.3, 0.4) is 0 Å². The van der Waals surface area contributed by atoms with Crippen molar-refractivity contribution in [2.45, 2.75) is 0 Å². The molecule has 0 aliphatic rings. The number of carboxylic acid groups (broad SMARTS) is 1. The van der Waals surface area contributed by atoms with E-state index in [9.17, 15) is 4.79 Å². The summed E-state index contributed by atoms with van der Waals surface area (Å²) < 4.78 is 0. The fraction of sp³-hybridized carbons (Fsp3) is 0.833. The van der Waals surface area contributed by atoms with E-state index in [4.69, 9.17) is 10.8 Å². The van der Waals surface area contributed by atoms with Crippen LogP contribution in [0.15, 0.2) is 0 Å². The molecule has 0 spiro atoms. The predicted molar refractivity (Wildman–Crippen MR) is 46.9 cm³/mol. The molecule has 0 bridgehead atoms. The summed E-state index contributed by atoms with van der Waals surface area (Å²) in [7, 11) is 0. The fourth-order valence-corrected chi connectivity index (χ4v) is 1.18. The van der Waals surface area contributed by atoms with Crippen molar-refractivity contribution in [3.63, 3.8) is 0 Å². The van der Waals surface area contributed by atoms with Crippen LogP contribution in [0.4, 0.5) is 0 Å². The first-order chi connectivity index (χ1) is 5.27. The average molecular weight is 178 g/mol. The standard InChI is InChI=1S/C6H14N2O2S/c7-1-3-11-4-2-8-5-6(9)10/h8H,1-5,7H2,(H,9,10). The van der Waals surface area contributed by atoms with Crippen LogP contribution in [0.1, 0.15) is 0 Å². The molecule has 0 heterocycles. The van der Waals surface area contributed by atoms with Crippen LogP contribution < -0.4 is 11.1 Å². The molecule has 0 rings (SSSR count). The molecule has 4 nitrogen and oxygen atoms in total. The minimum atomic E-state index is -0.811. The maximum atomic E-state index is 10.00. The van der Waals surface area contributed by atoms with E-state index >= 15 is 0 Å². The zero-order valence-corrected chi connectivity index (χ0v) is 7.19. The van der Waals surface area contributed by atoms with E-state index in [0.717, 1.165) is 18.1 Å². The summed E-state index contributed by atoms with van der Waals surface area (Å²) in [5, 5.41) is 11.0. The van der Waals surface area contributed by atoms with Crippen LogP contribution in [-0.4, -0.2) is 42.2 Å². The number of rotatable bonds is 7. The van der Waals surface area contributed by atoms with Gasteiger partial charge in [0.15, 0.2) is 0 Å². The van der Waals surface area contributed by atoms with Crippen LogP contribution in [0.5, 0.6) is 0 Å². The van der Waals surface area contributed by atoms with Gasteiger partial charge in [-0.2, -0.15) is 11.8 Å². The zero-order valence-electron chi connectivity index (χ0n) is 6.38. The van der Waals surface area contributed by atoms with Gasteiger partial charge in [0.05, 0.1) is 6.54 Å². The molecule has 5 heteroatoms. The van der Waals surface area contributed by atoms with Gasteiger partial charge < -0.3 is 16.2 Å². The largest absolute Gasteiger partial charge is 0.480 e. The third kappa shape index (κ3) is 9.74. The maximum Gasteiger partial charge on any atom is 0.317 e. The van der Waals surface area contributed by atoms with Gasteiger partial charge in [-0.25, -0.2) is 0 Å². The summed E-state index contributed by atoms with van der Waals surface area (Å²) in [6.45, 7) is 1.46. The Hall–Kier alpha value is -0.260. The molecule has 4 N–H and O–H groups in total. The van der Waals surface area contributed by atoms with Crippen LogP contribution in [0, 0.1) is 0 Å². The lowest BCUT2D eigenvalue weighted by Gasteiger charge is -1.99. The molecule has 11 heavy (non-hydrogen) atoms. The normalized spacial score (nSPS) is 9.91. The highest BCUT2D eigenvalue weighted by Crippen LogP contribution is 1.94. The summed E-state index contributed by atoms with van der Waals surface area (Å²) >= 11 is 1.72. The van der Waals surface area contributed by atoms with Crippen LogP contribution in [0.25, 0.3) is 0 Å². The van der Waals surface area contributed by atoms with E-state index < -0.39 is 5.97 Å². The van der Waals surface area contributed by atoms with Gasteiger partial charge in [0, 0.05) is 24.6 Å². The molecule has 0 aliphatic heterocycles. The van der Waals surface area contributed by atoms with Crippen LogP contribution >= 0.6 is 11.8 Å². The topological polar surface area (TPSA) is 75.3 Å². The Kier molecular flexibility index (Phi) is 7.66. The number of aliphatic carboxylic acids is 1. The number of hydrogen-bond donors (Lipinski definition) is 3. The quantitative estimate of drug-likeness (QED) is 0.452. The average Bonchev–Trinajstić information content (AvgIpc) is 1.96. The lowest BCUT2D eigenvalue weighted by atomic mass is 10.6. The Morgan fingerprint density at radius 2 is 2.27 bits per heavy atom. The molecular weight excluding hydrogens is 164 g/mol. The molecule has 0 fully saturated rings. The Morgan fingerprint density at radius 3 is 2.82 bits per heavy atom. The Bertz CT molecular complexity index is 111. The fourth-order valence-electron chi connectivity index (χ4n) is 0.525. The van der Waals surface area contributed by atoms with Crippen molar-refractivity contribution in [1.82, 2.24) is 5.32 Å². The number of carbonyl (C=O) groups is 1. The number of nitrogens with one attached hydrogen (secondary N) is 1. The summed E-state index contributed by atoms with van der Waals surface area (Å²) in [5.41, 5.74) is 5.26. The van der Waals surface area contributed by atoms with Crippen molar-refractivity contribution >= 4 is 17.7 Å². The van der Waals surface area contributed by atoms with Gasteiger partial charge in [-0.3, -0.25) is 4.79 Å². The molecule has 66 valence electrons. The second kappa shape index (κ2) is 7.84. The molecule has 0 aromatic heterocycles.